The van der Waals surface area contributed by atoms with E-state index in [2.05, 4.69) is 4.98 Å². The molecule has 1 heterocycles. The van der Waals surface area contributed by atoms with Gasteiger partial charge in [0.25, 0.3) is 0 Å². The Morgan fingerprint density at radius 3 is 2.79 bits per heavy atom. The molecule has 0 amide bonds. The molecule has 0 saturated heterocycles. The Hall–Kier alpha value is -1.22. The van der Waals surface area contributed by atoms with Crippen LogP contribution in [0.15, 0.2) is 17.1 Å². The average molecular weight is 296 g/mol. The first-order valence-corrected chi connectivity index (χ1v) is 5.84. The van der Waals surface area contributed by atoms with Crippen LogP contribution >= 0.6 is 11.6 Å². The standard InChI is InChI=1S/C10H15ClFN3O4/c1-19-10(4-11,5-16)7(17)8(12)15-3-2-6(13)14-9(15)18/h2-3,7-8,16-17H,4-5H2,1H3,(H2,13,14,18)/t7-,8-,10+/m0/s1. The largest absolute Gasteiger partial charge is 0.393 e. The van der Waals surface area contributed by atoms with Crippen molar-refractivity contribution < 1.29 is 19.3 Å². The second-order valence-electron chi connectivity index (χ2n) is 3.92. The third kappa shape index (κ3) is 3.03. The predicted molar refractivity (Wildman–Crippen MR) is 66.6 cm³/mol. The summed E-state index contributed by atoms with van der Waals surface area (Å²) in [5, 5.41) is 19.1. The molecule has 1 aromatic rings. The van der Waals surface area contributed by atoms with Crippen LogP contribution in [0.25, 0.3) is 0 Å². The van der Waals surface area contributed by atoms with E-state index in [1.165, 1.54) is 13.2 Å². The van der Waals surface area contributed by atoms with E-state index in [1.807, 2.05) is 0 Å². The molecule has 0 unspecified atom stereocenters. The van der Waals surface area contributed by atoms with Crippen molar-refractivity contribution in [3.63, 3.8) is 0 Å². The smallest absolute Gasteiger partial charge is 0.351 e. The Morgan fingerprint density at radius 1 is 1.74 bits per heavy atom. The first-order chi connectivity index (χ1) is 8.91. The summed E-state index contributed by atoms with van der Waals surface area (Å²) in [5.74, 6) is -0.431. The SMILES string of the molecule is CO[C@@](CO)(CCl)[C@@H](O)[C@@H](F)n1ccc(N)nc1=O. The second kappa shape index (κ2) is 6.29. The van der Waals surface area contributed by atoms with Crippen molar-refractivity contribution in [3.05, 3.63) is 22.7 Å². The molecule has 0 aliphatic carbocycles. The number of ether oxygens (including phenoxy) is 1. The van der Waals surface area contributed by atoms with Gasteiger partial charge in [-0.05, 0) is 6.07 Å². The molecule has 4 N–H and O–H groups in total. The van der Waals surface area contributed by atoms with Gasteiger partial charge in [0, 0.05) is 13.3 Å². The van der Waals surface area contributed by atoms with Gasteiger partial charge in [0.2, 0.25) is 6.30 Å². The molecule has 19 heavy (non-hydrogen) atoms. The Labute approximate surface area is 113 Å². The fourth-order valence-electron chi connectivity index (χ4n) is 1.47. The van der Waals surface area contributed by atoms with Crippen molar-refractivity contribution in [2.75, 3.05) is 25.3 Å². The molecule has 0 aliphatic heterocycles. The fraction of sp³-hybridized carbons (Fsp3) is 0.600. The van der Waals surface area contributed by atoms with Crippen molar-refractivity contribution in [1.82, 2.24) is 9.55 Å². The maximum atomic E-state index is 14.2. The third-order valence-corrected chi connectivity index (χ3v) is 3.27. The van der Waals surface area contributed by atoms with E-state index in [0.29, 0.717) is 4.57 Å². The lowest BCUT2D eigenvalue weighted by atomic mass is 9.98. The molecule has 0 bridgehead atoms. The minimum Gasteiger partial charge on any atom is -0.393 e. The number of anilines is 1. The van der Waals surface area contributed by atoms with Crippen molar-refractivity contribution in [1.29, 1.82) is 0 Å². The lowest BCUT2D eigenvalue weighted by molar-refractivity contribution is -0.151. The summed E-state index contributed by atoms with van der Waals surface area (Å²) in [6.07, 6.45) is -3.00. The molecule has 1 rings (SSSR count). The van der Waals surface area contributed by atoms with E-state index < -0.39 is 30.3 Å². The zero-order valence-corrected chi connectivity index (χ0v) is 10.9. The molecule has 0 aliphatic rings. The average Bonchev–Trinajstić information content (AvgIpc) is 2.40. The highest BCUT2D eigenvalue weighted by Crippen LogP contribution is 2.26. The quantitative estimate of drug-likeness (QED) is 0.597. The summed E-state index contributed by atoms with van der Waals surface area (Å²) in [6.45, 7) is -0.717. The van der Waals surface area contributed by atoms with E-state index in [4.69, 9.17) is 22.1 Å². The minimum absolute atomic E-state index is 0.0690. The number of alkyl halides is 2. The van der Waals surface area contributed by atoms with E-state index in [1.54, 1.807) is 0 Å². The Bertz CT molecular complexity index is 472. The number of aliphatic hydroxyl groups is 2. The number of rotatable bonds is 6. The normalized spacial score (nSPS) is 17.7. The number of hydrogen-bond donors (Lipinski definition) is 3. The van der Waals surface area contributed by atoms with Gasteiger partial charge in [-0.1, -0.05) is 0 Å². The highest BCUT2D eigenvalue weighted by Gasteiger charge is 2.43. The van der Waals surface area contributed by atoms with Crippen LogP contribution in [0.3, 0.4) is 0 Å². The Balaban J connectivity index is 3.11. The van der Waals surface area contributed by atoms with Gasteiger partial charge < -0.3 is 20.7 Å². The van der Waals surface area contributed by atoms with Gasteiger partial charge in [-0.25, -0.2) is 9.18 Å². The maximum absolute atomic E-state index is 14.2. The third-order valence-electron chi connectivity index (χ3n) is 2.82. The van der Waals surface area contributed by atoms with Crippen molar-refractivity contribution in [2.45, 2.75) is 18.0 Å². The van der Waals surface area contributed by atoms with Crippen LogP contribution in [-0.4, -0.2) is 51.1 Å². The summed E-state index contributed by atoms with van der Waals surface area (Å²) in [5.41, 5.74) is 2.58. The first kappa shape index (κ1) is 15.8. The number of aliphatic hydroxyl groups excluding tert-OH is 2. The molecule has 7 nitrogen and oxygen atoms in total. The first-order valence-electron chi connectivity index (χ1n) is 5.30. The van der Waals surface area contributed by atoms with E-state index >= 15 is 0 Å². The second-order valence-corrected chi connectivity index (χ2v) is 4.19. The molecule has 0 aromatic carbocycles. The molecular formula is C10H15ClFN3O4. The number of nitrogens with zero attached hydrogens (tertiary/aromatic N) is 2. The molecule has 108 valence electrons. The van der Waals surface area contributed by atoms with E-state index in [9.17, 15) is 19.4 Å². The van der Waals surface area contributed by atoms with Gasteiger partial charge in [-0.2, -0.15) is 4.98 Å². The van der Waals surface area contributed by atoms with Crippen molar-refractivity contribution in [2.24, 2.45) is 0 Å². The minimum atomic E-state index is -2.19. The highest BCUT2D eigenvalue weighted by molar-refractivity contribution is 6.18. The Morgan fingerprint density at radius 2 is 2.37 bits per heavy atom. The summed E-state index contributed by atoms with van der Waals surface area (Å²) < 4.78 is 19.6. The van der Waals surface area contributed by atoms with Gasteiger partial charge in [0.15, 0.2) is 0 Å². The molecule has 9 heteroatoms. The zero-order valence-electron chi connectivity index (χ0n) is 10.2. The number of nitrogen functional groups attached to an aromatic ring is 1. The van der Waals surface area contributed by atoms with E-state index in [0.717, 1.165) is 6.20 Å². The molecule has 0 saturated carbocycles. The summed E-state index contributed by atoms with van der Waals surface area (Å²) in [4.78, 5) is 14.8. The van der Waals surface area contributed by atoms with Crippen LogP contribution in [-0.2, 0) is 4.74 Å². The molecule has 0 spiro atoms. The topological polar surface area (TPSA) is 111 Å². The summed E-state index contributed by atoms with van der Waals surface area (Å²) >= 11 is 5.58. The van der Waals surface area contributed by atoms with Gasteiger partial charge in [0.05, 0.1) is 12.5 Å². The van der Waals surface area contributed by atoms with Crippen LogP contribution in [0.1, 0.15) is 6.30 Å². The van der Waals surface area contributed by atoms with Gasteiger partial charge in [-0.15, -0.1) is 11.6 Å². The molecule has 1 aromatic heterocycles. The lowest BCUT2D eigenvalue weighted by Gasteiger charge is -2.34. The number of halogens is 2. The van der Waals surface area contributed by atoms with Crippen LogP contribution in [0.4, 0.5) is 10.2 Å². The van der Waals surface area contributed by atoms with Crippen LogP contribution in [0, 0.1) is 0 Å². The van der Waals surface area contributed by atoms with E-state index in [-0.39, 0.29) is 11.7 Å². The van der Waals surface area contributed by atoms with Gasteiger partial charge in [-0.3, -0.25) is 4.57 Å². The van der Waals surface area contributed by atoms with Crippen molar-refractivity contribution in [3.8, 4) is 0 Å². The number of methoxy groups -OCH3 is 1. The zero-order chi connectivity index (χ0) is 14.6. The monoisotopic (exact) mass is 295 g/mol. The number of hydrogen-bond acceptors (Lipinski definition) is 6. The summed E-state index contributed by atoms with van der Waals surface area (Å²) in [6, 6.07) is 1.20. The van der Waals surface area contributed by atoms with Crippen LogP contribution in [0.5, 0.6) is 0 Å². The molecule has 3 atom stereocenters. The molecular weight excluding hydrogens is 281 g/mol. The Kier molecular flexibility index (Phi) is 5.24. The van der Waals surface area contributed by atoms with Crippen LogP contribution < -0.4 is 11.4 Å². The van der Waals surface area contributed by atoms with Gasteiger partial charge >= 0.3 is 5.69 Å². The fourth-order valence-corrected chi connectivity index (χ4v) is 1.82. The summed E-state index contributed by atoms with van der Waals surface area (Å²) in [7, 11) is 1.17. The lowest BCUT2D eigenvalue weighted by Crippen LogP contribution is -2.53. The van der Waals surface area contributed by atoms with Gasteiger partial charge in [0.1, 0.15) is 17.5 Å². The number of aromatic nitrogens is 2. The number of nitrogens with two attached hydrogens (primary N) is 1. The van der Waals surface area contributed by atoms with Crippen molar-refractivity contribution >= 4 is 17.4 Å². The maximum Gasteiger partial charge on any atom is 0.351 e. The predicted octanol–water partition coefficient (Wildman–Crippen LogP) is -0.729. The highest BCUT2D eigenvalue weighted by atomic mass is 35.5. The molecule has 0 fully saturated rings. The van der Waals surface area contributed by atoms with Crippen LogP contribution in [0.2, 0.25) is 0 Å². The molecule has 0 radical (unpaired) electrons.